The molecule has 0 atom stereocenters. The number of ether oxygens (including phenoxy) is 1. The molecular formula is C9H12F2N2O3. The summed E-state index contributed by atoms with van der Waals surface area (Å²) >= 11 is 0. The zero-order valence-corrected chi connectivity index (χ0v) is 9.07. The van der Waals surface area contributed by atoms with E-state index in [1.165, 1.54) is 0 Å². The van der Waals surface area contributed by atoms with Crippen molar-refractivity contribution in [2.75, 3.05) is 0 Å². The third-order valence-electron chi connectivity index (χ3n) is 1.50. The number of halogens is 2. The highest BCUT2D eigenvalue weighted by molar-refractivity contribution is 5.71. The molecule has 0 spiro atoms. The van der Waals surface area contributed by atoms with E-state index < -0.39 is 29.7 Å². The number of carbonyl (C=O) groups is 1. The molecule has 16 heavy (non-hydrogen) atoms. The Labute approximate surface area is 90.6 Å². The van der Waals surface area contributed by atoms with Gasteiger partial charge in [0, 0.05) is 6.07 Å². The number of aromatic nitrogens is 2. The van der Waals surface area contributed by atoms with Crippen LogP contribution in [0, 0.1) is 0 Å². The summed E-state index contributed by atoms with van der Waals surface area (Å²) in [6.45, 7) is 4.83. The summed E-state index contributed by atoms with van der Waals surface area (Å²) < 4.78 is 29.7. The van der Waals surface area contributed by atoms with E-state index in [4.69, 9.17) is 4.74 Å². The van der Waals surface area contributed by atoms with Crippen LogP contribution in [0.25, 0.3) is 0 Å². The highest BCUT2D eigenvalue weighted by atomic mass is 19.3. The molecule has 1 N–H and O–H groups in total. The van der Waals surface area contributed by atoms with Crippen molar-refractivity contribution in [2.45, 2.75) is 32.8 Å². The van der Waals surface area contributed by atoms with E-state index in [1.54, 1.807) is 20.8 Å². The lowest BCUT2D eigenvalue weighted by molar-refractivity contribution is 0.0497. The Morgan fingerprint density at radius 2 is 2.12 bits per heavy atom. The van der Waals surface area contributed by atoms with Crippen LogP contribution in [0.4, 0.5) is 13.6 Å². The second kappa shape index (κ2) is 4.07. The summed E-state index contributed by atoms with van der Waals surface area (Å²) in [6.07, 6.45) is -3.86. The number of rotatable bonds is 1. The third kappa shape index (κ3) is 2.91. The van der Waals surface area contributed by atoms with Crippen LogP contribution < -0.4 is 0 Å². The fraction of sp³-hybridized carbons (Fsp3) is 0.556. The quantitative estimate of drug-likeness (QED) is 0.809. The summed E-state index contributed by atoms with van der Waals surface area (Å²) in [5, 5.41) is 12.4. The number of alkyl halides is 2. The van der Waals surface area contributed by atoms with E-state index >= 15 is 0 Å². The van der Waals surface area contributed by atoms with Crippen molar-refractivity contribution in [3.05, 3.63) is 11.8 Å². The normalized spacial score (nSPS) is 11.9. The fourth-order valence-electron chi connectivity index (χ4n) is 0.935. The molecule has 0 amide bonds. The third-order valence-corrected chi connectivity index (χ3v) is 1.50. The Balaban J connectivity index is 2.92. The summed E-state index contributed by atoms with van der Waals surface area (Å²) in [7, 11) is 0. The summed E-state index contributed by atoms with van der Waals surface area (Å²) in [6, 6.07) is 0.717. The van der Waals surface area contributed by atoms with Crippen LogP contribution in [0.3, 0.4) is 0 Å². The monoisotopic (exact) mass is 234 g/mol. The van der Waals surface area contributed by atoms with Gasteiger partial charge in [0.1, 0.15) is 11.3 Å². The van der Waals surface area contributed by atoms with Gasteiger partial charge in [0.25, 0.3) is 6.43 Å². The lowest BCUT2D eigenvalue weighted by Gasteiger charge is -2.18. The number of nitrogens with zero attached hydrogens (tertiary/aromatic N) is 2. The van der Waals surface area contributed by atoms with Gasteiger partial charge in [-0.3, -0.25) is 0 Å². The van der Waals surface area contributed by atoms with Gasteiger partial charge in [-0.15, -0.1) is 4.68 Å². The smallest absolute Gasteiger partial charge is 0.438 e. The zero-order chi connectivity index (χ0) is 12.5. The lowest BCUT2D eigenvalue weighted by atomic mass is 10.2. The average molecular weight is 234 g/mol. The van der Waals surface area contributed by atoms with E-state index in [2.05, 4.69) is 5.10 Å². The first-order chi connectivity index (χ1) is 7.20. The number of hydrogen-bond donors (Lipinski definition) is 1. The molecule has 0 saturated carbocycles. The Morgan fingerprint density at radius 1 is 1.56 bits per heavy atom. The van der Waals surface area contributed by atoms with E-state index in [9.17, 15) is 18.7 Å². The van der Waals surface area contributed by atoms with Crippen molar-refractivity contribution < 1.29 is 23.4 Å². The summed E-state index contributed by atoms with van der Waals surface area (Å²) in [5.41, 5.74) is -1.47. The van der Waals surface area contributed by atoms with Crippen LogP contribution in [0.1, 0.15) is 32.9 Å². The van der Waals surface area contributed by atoms with Gasteiger partial charge in [-0.25, -0.2) is 13.6 Å². The van der Waals surface area contributed by atoms with Gasteiger partial charge in [0.05, 0.1) is 0 Å². The first-order valence-electron chi connectivity index (χ1n) is 4.51. The predicted octanol–water partition coefficient (Wildman–Crippen LogP) is 2.31. The molecule has 0 fully saturated rings. The van der Waals surface area contributed by atoms with Crippen molar-refractivity contribution in [1.82, 2.24) is 9.78 Å². The first kappa shape index (κ1) is 12.4. The van der Waals surface area contributed by atoms with Gasteiger partial charge < -0.3 is 9.84 Å². The molecule has 0 unspecified atom stereocenters. The minimum absolute atomic E-state index is 0.396. The highest BCUT2D eigenvalue weighted by Crippen LogP contribution is 2.22. The lowest BCUT2D eigenvalue weighted by Crippen LogP contribution is -2.27. The van der Waals surface area contributed by atoms with Crippen LogP contribution in [-0.4, -0.2) is 26.6 Å². The Kier molecular flexibility index (Phi) is 3.16. The summed E-state index contributed by atoms with van der Waals surface area (Å²) in [5.74, 6) is -0.676. The summed E-state index contributed by atoms with van der Waals surface area (Å²) in [4.78, 5) is 11.4. The van der Waals surface area contributed by atoms with Crippen molar-refractivity contribution >= 4 is 6.09 Å². The van der Waals surface area contributed by atoms with E-state index in [0.717, 1.165) is 0 Å². The van der Waals surface area contributed by atoms with Gasteiger partial charge in [0.2, 0.25) is 5.88 Å². The van der Waals surface area contributed by atoms with Crippen molar-refractivity contribution in [1.29, 1.82) is 0 Å². The number of carbonyl (C=O) groups excluding carboxylic acids is 1. The molecular weight excluding hydrogens is 222 g/mol. The van der Waals surface area contributed by atoms with E-state index in [1.807, 2.05) is 0 Å². The van der Waals surface area contributed by atoms with Crippen LogP contribution in [0.5, 0.6) is 5.88 Å². The van der Waals surface area contributed by atoms with Gasteiger partial charge >= 0.3 is 6.09 Å². The molecule has 7 heteroatoms. The van der Waals surface area contributed by atoms with Gasteiger partial charge in [-0.05, 0) is 20.8 Å². The molecule has 5 nitrogen and oxygen atoms in total. The molecule has 0 saturated heterocycles. The molecule has 1 rings (SSSR count). The van der Waals surface area contributed by atoms with Crippen molar-refractivity contribution in [3.63, 3.8) is 0 Å². The standard InChI is InChI=1S/C9H12F2N2O3/c1-9(2,3)16-8(15)13-6(14)4-5(12-13)7(10)11/h4,7,14H,1-3H3. The second-order valence-electron chi connectivity index (χ2n) is 4.12. The average Bonchev–Trinajstić information content (AvgIpc) is 2.44. The van der Waals surface area contributed by atoms with Gasteiger partial charge in [0.15, 0.2) is 0 Å². The van der Waals surface area contributed by atoms with Crippen LogP contribution in [-0.2, 0) is 4.74 Å². The SMILES string of the molecule is CC(C)(C)OC(=O)n1nc(C(F)F)cc1O. The van der Waals surface area contributed by atoms with E-state index in [-0.39, 0.29) is 0 Å². The zero-order valence-electron chi connectivity index (χ0n) is 9.07. The molecule has 1 aromatic rings. The minimum Gasteiger partial charge on any atom is -0.493 e. The van der Waals surface area contributed by atoms with Crippen molar-refractivity contribution in [3.8, 4) is 5.88 Å². The van der Waals surface area contributed by atoms with Gasteiger partial charge in [-0.2, -0.15) is 5.10 Å². The molecule has 1 heterocycles. The Hall–Kier alpha value is -1.66. The largest absolute Gasteiger partial charge is 0.493 e. The molecule has 0 aliphatic carbocycles. The maximum absolute atomic E-state index is 12.2. The molecule has 1 aromatic heterocycles. The topological polar surface area (TPSA) is 64.4 Å². The maximum Gasteiger partial charge on any atom is 0.438 e. The van der Waals surface area contributed by atoms with Crippen LogP contribution in [0.15, 0.2) is 6.07 Å². The van der Waals surface area contributed by atoms with Gasteiger partial charge in [-0.1, -0.05) is 0 Å². The molecule has 0 aliphatic heterocycles. The second-order valence-corrected chi connectivity index (χ2v) is 4.12. The fourth-order valence-corrected chi connectivity index (χ4v) is 0.935. The van der Waals surface area contributed by atoms with Crippen LogP contribution >= 0.6 is 0 Å². The Morgan fingerprint density at radius 3 is 2.50 bits per heavy atom. The molecule has 0 aromatic carbocycles. The molecule has 0 radical (unpaired) electrons. The first-order valence-corrected chi connectivity index (χ1v) is 4.51. The van der Waals surface area contributed by atoms with Crippen LogP contribution in [0.2, 0.25) is 0 Å². The molecule has 90 valence electrons. The highest BCUT2D eigenvalue weighted by Gasteiger charge is 2.23. The minimum atomic E-state index is -2.85. The molecule has 0 bridgehead atoms. The number of hydrogen-bond acceptors (Lipinski definition) is 4. The Bertz CT molecular complexity index is 396. The van der Waals surface area contributed by atoms with E-state index in [0.29, 0.717) is 10.7 Å². The number of aromatic hydroxyl groups is 1. The van der Waals surface area contributed by atoms with Crippen molar-refractivity contribution in [2.24, 2.45) is 0 Å². The molecule has 0 aliphatic rings. The maximum atomic E-state index is 12.2. The predicted molar refractivity (Wildman–Crippen MR) is 50.5 cm³/mol.